The second-order valence-corrected chi connectivity index (χ2v) is 7.84. The number of carbonyl (C=O) groups excluding carboxylic acids is 1. The SMILES string of the molecule is O=C(Cn1ccc(OCc2ccccc2)cc1=O)c1ccc(CN2CC[C@H](F)C2)cc1. The Bertz CT molecular complexity index is 1080. The largest absolute Gasteiger partial charge is 0.489 e. The zero-order valence-electron chi connectivity index (χ0n) is 17.2. The number of hydrogen-bond donors (Lipinski definition) is 0. The van der Waals surface area contributed by atoms with Crippen LogP contribution < -0.4 is 10.3 Å². The van der Waals surface area contributed by atoms with Gasteiger partial charge in [-0.05, 0) is 23.6 Å². The van der Waals surface area contributed by atoms with Crippen molar-refractivity contribution in [3.63, 3.8) is 0 Å². The van der Waals surface area contributed by atoms with Gasteiger partial charge in [-0.1, -0.05) is 54.6 Å². The van der Waals surface area contributed by atoms with Crippen LogP contribution in [0.25, 0.3) is 0 Å². The fourth-order valence-corrected chi connectivity index (χ4v) is 3.68. The first-order valence-corrected chi connectivity index (χ1v) is 10.4. The fraction of sp³-hybridized carbons (Fsp3) is 0.280. The van der Waals surface area contributed by atoms with Crippen molar-refractivity contribution in [3.8, 4) is 5.75 Å². The van der Waals surface area contributed by atoms with Gasteiger partial charge in [0.15, 0.2) is 5.78 Å². The lowest BCUT2D eigenvalue weighted by atomic mass is 10.1. The van der Waals surface area contributed by atoms with Gasteiger partial charge < -0.3 is 9.30 Å². The Morgan fingerprint density at radius 1 is 1.03 bits per heavy atom. The second-order valence-electron chi connectivity index (χ2n) is 7.84. The molecule has 4 rings (SSSR count). The fourth-order valence-electron chi connectivity index (χ4n) is 3.68. The minimum atomic E-state index is -0.741. The maximum absolute atomic E-state index is 13.3. The summed E-state index contributed by atoms with van der Waals surface area (Å²) in [6.45, 7) is 2.25. The molecule has 160 valence electrons. The summed E-state index contributed by atoms with van der Waals surface area (Å²) in [6, 6.07) is 20.1. The van der Waals surface area contributed by atoms with Gasteiger partial charge in [0.1, 0.15) is 18.5 Å². The van der Waals surface area contributed by atoms with Crippen LogP contribution in [0.5, 0.6) is 5.75 Å². The minimum absolute atomic E-state index is 0.0349. The molecule has 1 aliphatic rings. The highest BCUT2D eigenvalue weighted by Gasteiger charge is 2.21. The normalized spacial score (nSPS) is 16.4. The van der Waals surface area contributed by atoms with Gasteiger partial charge in [0.25, 0.3) is 5.56 Å². The third-order valence-electron chi connectivity index (χ3n) is 5.43. The highest BCUT2D eigenvalue weighted by atomic mass is 19.1. The number of ketones is 1. The van der Waals surface area contributed by atoms with E-state index in [0.29, 0.717) is 37.4 Å². The summed E-state index contributed by atoms with van der Waals surface area (Å²) in [5.41, 5.74) is 2.32. The smallest absolute Gasteiger partial charge is 0.254 e. The number of alkyl halides is 1. The third-order valence-corrected chi connectivity index (χ3v) is 5.43. The van der Waals surface area contributed by atoms with E-state index in [1.54, 1.807) is 24.4 Å². The molecule has 0 amide bonds. The zero-order valence-corrected chi connectivity index (χ0v) is 17.2. The molecule has 0 N–H and O–H groups in total. The van der Waals surface area contributed by atoms with Crippen LogP contribution in [0.15, 0.2) is 77.7 Å². The van der Waals surface area contributed by atoms with Crippen molar-refractivity contribution in [1.29, 1.82) is 0 Å². The van der Waals surface area contributed by atoms with Crippen LogP contribution in [-0.4, -0.2) is 34.5 Å². The summed E-state index contributed by atoms with van der Waals surface area (Å²) < 4.78 is 20.3. The molecule has 0 unspecified atom stereocenters. The van der Waals surface area contributed by atoms with Gasteiger partial charge in [-0.15, -0.1) is 0 Å². The Labute approximate surface area is 180 Å². The van der Waals surface area contributed by atoms with Gasteiger partial charge in [0.2, 0.25) is 0 Å². The average molecular weight is 420 g/mol. The third kappa shape index (κ3) is 5.67. The number of halogens is 1. The quantitative estimate of drug-likeness (QED) is 0.520. The van der Waals surface area contributed by atoms with Crippen molar-refractivity contribution >= 4 is 5.78 Å². The van der Waals surface area contributed by atoms with Crippen LogP contribution in [0, 0.1) is 0 Å². The predicted molar refractivity (Wildman–Crippen MR) is 117 cm³/mol. The summed E-state index contributed by atoms with van der Waals surface area (Å²) in [5.74, 6) is 0.330. The molecule has 6 heteroatoms. The van der Waals surface area contributed by atoms with E-state index in [2.05, 4.69) is 4.90 Å². The summed E-state index contributed by atoms with van der Waals surface area (Å²) in [6.07, 6.45) is 1.42. The highest BCUT2D eigenvalue weighted by Crippen LogP contribution is 2.16. The standard InChI is InChI=1S/C25H25FN2O3/c26-22-10-12-27(16-22)15-19-6-8-21(9-7-19)24(29)17-28-13-11-23(14-25(28)30)31-18-20-4-2-1-3-5-20/h1-9,11,13-14,22H,10,12,15-18H2/t22-/m0/s1. The van der Waals surface area contributed by atoms with Gasteiger partial charge in [0, 0.05) is 37.5 Å². The number of nitrogens with zero attached hydrogens (tertiary/aromatic N) is 2. The lowest BCUT2D eigenvalue weighted by molar-refractivity contribution is 0.0970. The van der Waals surface area contributed by atoms with Crippen LogP contribution in [0.2, 0.25) is 0 Å². The van der Waals surface area contributed by atoms with E-state index in [-0.39, 0.29) is 17.9 Å². The average Bonchev–Trinajstić information content (AvgIpc) is 3.19. The molecule has 0 spiro atoms. The highest BCUT2D eigenvalue weighted by molar-refractivity contribution is 5.95. The molecule has 0 saturated carbocycles. The molecule has 1 atom stereocenters. The Morgan fingerprint density at radius 3 is 2.48 bits per heavy atom. The van der Waals surface area contributed by atoms with Crippen molar-refractivity contribution in [2.75, 3.05) is 13.1 Å². The number of Topliss-reactive ketones (excluding diaryl/α,β-unsaturated/α-hetero) is 1. The number of benzene rings is 2. The molecule has 5 nitrogen and oxygen atoms in total. The van der Waals surface area contributed by atoms with Gasteiger partial charge in [-0.25, -0.2) is 4.39 Å². The zero-order chi connectivity index (χ0) is 21.6. The molecule has 0 radical (unpaired) electrons. The number of carbonyl (C=O) groups is 1. The number of ether oxygens (including phenoxy) is 1. The van der Waals surface area contributed by atoms with Gasteiger partial charge in [0.05, 0.1) is 6.54 Å². The van der Waals surface area contributed by atoms with Gasteiger partial charge in [-0.2, -0.15) is 0 Å². The predicted octanol–water partition coefficient (Wildman–Crippen LogP) is 3.85. The molecule has 0 aliphatic carbocycles. The molecule has 3 aromatic rings. The molecular formula is C25H25FN2O3. The van der Waals surface area contributed by atoms with E-state index in [1.807, 2.05) is 42.5 Å². The maximum atomic E-state index is 13.3. The van der Waals surface area contributed by atoms with E-state index in [1.165, 1.54) is 10.6 Å². The number of pyridine rings is 1. The molecular weight excluding hydrogens is 395 g/mol. The molecule has 2 aromatic carbocycles. The van der Waals surface area contributed by atoms with Crippen molar-refractivity contribution in [2.24, 2.45) is 0 Å². The lowest BCUT2D eigenvalue weighted by Crippen LogP contribution is -2.23. The number of likely N-dealkylation sites (tertiary alicyclic amines) is 1. The maximum Gasteiger partial charge on any atom is 0.254 e. The van der Waals surface area contributed by atoms with E-state index < -0.39 is 6.17 Å². The van der Waals surface area contributed by atoms with Crippen molar-refractivity contribution in [3.05, 3.63) is 100.0 Å². The molecule has 31 heavy (non-hydrogen) atoms. The van der Waals surface area contributed by atoms with Crippen molar-refractivity contribution in [1.82, 2.24) is 9.47 Å². The molecule has 2 heterocycles. The van der Waals surface area contributed by atoms with E-state index >= 15 is 0 Å². The van der Waals surface area contributed by atoms with Crippen LogP contribution in [0.3, 0.4) is 0 Å². The van der Waals surface area contributed by atoms with Gasteiger partial charge in [-0.3, -0.25) is 14.5 Å². The van der Waals surface area contributed by atoms with Crippen LogP contribution >= 0.6 is 0 Å². The van der Waals surface area contributed by atoms with Gasteiger partial charge >= 0.3 is 0 Å². The molecule has 1 fully saturated rings. The number of hydrogen-bond acceptors (Lipinski definition) is 4. The van der Waals surface area contributed by atoms with Crippen LogP contribution in [-0.2, 0) is 19.7 Å². The van der Waals surface area contributed by atoms with Crippen LogP contribution in [0.1, 0.15) is 27.9 Å². The molecule has 1 saturated heterocycles. The number of rotatable bonds is 8. The first-order valence-electron chi connectivity index (χ1n) is 10.4. The topological polar surface area (TPSA) is 51.5 Å². The Kier molecular flexibility index (Phi) is 6.57. The van der Waals surface area contributed by atoms with E-state index in [0.717, 1.165) is 17.7 Å². The monoisotopic (exact) mass is 420 g/mol. The lowest BCUT2D eigenvalue weighted by Gasteiger charge is -2.14. The summed E-state index contributed by atoms with van der Waals surface area (Å²) in [5, 5.41) is 0. The minimum Gasteiger partial charge on any atom is -0.489 e. The summed E-state index contributed by atoms with van der Waals surface area (Å²) in [4.78, 5) is 27.1. The van der Waals surface area contributed by atoms with Crippen molar-refractivity contribution in [2.45, 2.75) is 32.3 Å². The molecule has 1 aliphatic heterocycles. The first-order chi connectivity index (χ1) is 15.1. The summed E-state index contributed by atoms with van der Waals surface area (Å²) >= 11 is 0. The van der Waals surface area contributed by atoms with E-state index in [4.69, 9.17) is 4.74 Å². The summed E-state index contributed by atoms with van der Waals surface area (Å²) in [7, 11) is 0. The van der Waals surface area contributed by atoms with Crippen molar-refractivity contribution < 1.29 is 13.9 Å². The number of aromatic nitrogens is 1. The Balaban J connectivity index is 1.34. The Hall–Kier alpha value is -3.25. The van der Waals surface area contributed by atoms with E-state index in [9.17, 15) is 14.0 Å². The Morgan fingerprint density at radius 2 is 1.81 bits per heavy atom. The molecule has 1 aromatic heterocycles. The second kappa shape index (κ2) is 9.71. The molecule has 0 bridgehead atoms. The van der Waals surface area contributed by atoms with Crippen LogP contribution in [0.4, 0.5) is 4.39 Å². The first kappa shape index (κ1) is 21.0.